The van der Waals surface area contributed by atoms with E-state index in [1.165, 1.54) is 25.7 Å². The van der Waals surface area contributed by atoms with Crippen LogP contribution in [0.2, 0.25) is 0 Å². The first-order valence-corrected chi connectivity index (χ1v) is 6.56. The van der Waals surface area contributed by atoms with Gasteiger partial charge in [-0.1, -0.05) is 44.1 Å². The van der Waals surface area contributed by atoms with E-state index in [0.29, 0.717) is 5.78 Å². The van der Waals surface area contributed by atoms with Crippen molar-refractivity contribution in [3.63, 3.8) is 0 Å². The zero-order valence-electron chi connectivity index (χ0n) is 10.9. The van der Waals surface area contributed by atoms with Crippen LogP contribution in [0.5, 0.6) is 0 Å². The number of ketones is 1. The zero-order chi connectivity index (χ0) is 12.1. The predicted molar refractivity (Wildman–Crippen MR) is 71.6 cm³/mol. The summed E-state index contributed by atoms with van der Waals surface area (Å²) in [5, 5.41) is 0. The third-order valence-electron chi connectivity index (χ3n) is 2.46. The van der Waals surface area contributed by atoms with E-state index in [1.807, 2.05) is 0 Å². The first-order valence-electron chi connectivity index (χ1n) is 6.56. The average Bonchev–Trinajstić information content (AvgIpc) is 2.25. The highest BCUT2D eigenvalue weighted by Crippen LogP contribution is 2.04. The lowest BCUT2D eigenvalue weighted by molar-refractivity contribution is -0.117. The van der Waals surface area contributed by atoms with E-state index in [9.17, 15) is 4.79 Å². The van der Waals surface area contributed by atoms with Crippen molar-refractivity contribution in [1.82, 2.24) is 0 Å². The summed E-state index contributed by atoms with van der Waals surface area (Å²) in [6, 6.07) is 0. The van der Waals surface area contributed by atoms with Gasteiger partial charge in [-0.15, -0.1) is 0 Å². The van der Waals surface area contributed by atoms with Crippen LogP contribution in [0.1, 0.15) is 65.2 Å². The summed E-state index contributed by atoms with van der Waals surface area (Å²) < 4.78 is 0. The van der Waals surface area contributed by atoms with Gasteiger partial charge < -0.3 is 4.79 Å². The number of hydrogen-bond donors (Lipinski definition) is 0. The van der Waals surface area contributed by atoms with Gasteiger partial charge in [0.05, 0.1) is 0 Å². The number of carbonyl (C=O) groups is 1. The molecule has 0 saturated carbocycles. The number of carbonyl (C=O) groups excluding carboxylic acids is 1. The van der Waals surface area contributed by atoms with Crippen LogP contribution in [-0.4, -0.2) is 5.78 Å². The van der Waals surface area contributed by atoms with E-state index < -0.39 is 0 Å². The molecule has 0 fully saturated rings. The standard InChI is InChI=1S/C15H26O/c1-3-4-5-6-7-8-9-10-11-12-13-14-15(2)16/h5-6,8-9H,3-4,7,10-14H2,1-2H3. The summed E-state index contributed by atoms with van der Waals surface area (Å²) in [4.78, 5) is 10.7. The molecule has 0 saturated heterocycles. The number of rotatable bonds is 10. The van der Waals surface area contributed by atoms with E-state index >= 15 is 0 Å². The largest absolute Gasteiger partial charge is 0.300 e. The monoisotopic (exact) mass is 222 g/mol. The summed E-state index contributed by atoms with van der Waals surface area (Å²) in [6.07, 6.45) is 17.8. The highest BCUT2D eigenvalue weighted by Gasteiger charge is 1.92. The molecule has 0 aliphatic heterocycles. The Morgan fingerprint density at radius 2 is 1.62 bits per heavy atom. The zero-order valence-corrected chi connectivity index (χ0v) is 10.9. The van der Waals surface area contributed by atoms with Crippen molar-refractivity contribution in [2.45, 2.75) is 65.2 Å². The van der Waals surface area contributed by atoms with Crippen molar-refractivity contribution in [1.29, 1.82) is 0 Å². The molecule has 0 aromatic rings. The fourth-order valence-electron chi connectivity index (χ4n) is 1.49. The second kappa shape index (κ2) is 12.2. The molecule has 0 aromatic carbocycles. The van der Waals surface area contributed by atoms with Gasteiger partial charge in [-0.25, -0.2) is 0 Å². The van der Waals surface area contributed by atoms with Gasteiger partial charge in [-0.05, 0) is 39.0 Å². The van der Waals surface area contributed by atoms with Gasteiger partial charge in [0, 0.05) is 6.42 Å². The van der Waals surface area contributed by atoms with Gasteiger partial charge in [0.15, 0.2) is 0 Å². The Morgan fingerprint density at radius 1 is 0.938 bits per heavy atom. The normalized spacial score (nSPS) is 11.6. The molecule has 0 heterocycles. The second-order valence-corrected chi connectivity index (χ2v) is 4.27. The van der Waals surface area contributed by atoms with Crippen LogP contribution in [0.15, 0.2) is 24.3 Å². The fourth-order valence-corrected chi connectivity index (χ4v) is 1.49. The first-order chi connectivity index (χ1) is 7.77. The molecule has 92 valence electrons. The van der Waals surface area contributed by atoms with Crippen molar-refractivity contribution in [3.8, 4) is 0 Å². The highest BCUT2D eigenvalue weighted by molar-refractivity contribution is 5.75. The van der Waals surface area contributed by atoms with Crippen LogP contribution >= 0.6 is 0 Å². The average molecular weight is 222 g/mol. The number of allylic oxidation sites excluding steroid dienone is 4. The minimum absolute atomic E-state index is 0.316. The molecular weight excluding hydrogens is 196 g/mol. The third-order valence-corrected chi connectivity index (χ3v) is 2.46. The highest BCUT2D eigenvalue weighted by atomic mass is 16.1. The van der Waals surface area contributed by atoms with Gasteiger partial charge in [-0.3, -0.25) is 0 Å². The maximum absolute atomic E-state index is 10.7. The molecule has 1 nitrogen and oxygen atoms in total. The van der Waals surface area contributed by atoms with E-state index in [0.717, 1.165) is 25.7 Å². The maximum Gasteiger partial charge on any atom is 0.129 e. The van der Waals surface area contributed by atoms with E-state index in [-0.39, 0.29) is 0 Å². The van der Waals surface area contributed by atoms with Gasteiger partial charge in [0.2, 0.25) is 0 Å². The maximum atomic E-state index is 10.7. The van der Waals surface area contributed by atoms with E-state index in [2.05, 4.69) is 31.2 Å². The van der Waals surface area contributed by atoms with Crippen LogP contribution in [0.3, 0.4) is 0 Å². The molecule has 0 bridgehead atoms. The Balaban J connectivity index is 3.18. The van der Waals surface area contributed by atoms with Crippen molar-refractivity contribution < 1.29 is 4.79 Å². The van der Waals surface area contributed by atoms with E-state index in [1.54, 1.807) is 6.92 Å². The number of unbranched alkanes of at least 4 members (excludes halogenated alkanes) is 4. The summed E-state index contributed by atoms with van der Waals surface area (Å²) in [5.41, 5.74) is 0. The SMILES string of the molecule is CCCC=CCC=CCCCCCC(C)=O. The van der Waals surface area contributed by atoms with E-state index in [4.69, 9.17) is 0 Å². The molecule has 0 spiro atoms. The predicted octanol–water partition coefficient (Wildman–Crippen LogP) is 4.83. The molecule has 0 rings (SSSR count). The molecule has 0 amide bonds. The molecule has 0 atom stereocenters. The Kier molecular flexibility index (Phi) is 11.6. The Morgan fingerprint density at radius 3 is 2.25 bits per heavy atom. The summed E-state index contributed by atoms with van der Waals surface area (Å²) >= 11 is 0. The van der Waals surface area contributed by atoms with Gasteiger partial charge in [0.25, 0.3) is 0 Å². The minimum atomic E-state index is 0.316. The van der Waals surface area contributed by atoms with Gasteiger partial charge >= 0.3 is 0 Å². The Hall–Kier alpha value is -0.850. The third kappa shape index (κ3) is 13.2. The van der Waals surface area contributed by atoms with Crippen LogP contribution in [0.4, 0.5) is 0 Å². The summed E-state index contributed by atoms with van der Waals surface area (Å²) in [7, 11) is 0. The molecule has 1 heteroatoms. The molecule has 0 aliphatic rings. The van der Waals surface area contributed by atoms with Gasteiger partial charge in [0.1, 0.15) is 5.78 Å². The van der Waals surface area contributed by atoms with Crippen molar-refractivity contribution >= 4 is 5.78 Å². The molecule has 0 unspecified atom stereocenters. The van der Waals surface area contributed by atoms with Crippen LogP contribution < -0.4 is 0 Å². The van der Waals surface area contributed by atoms with Crippen molar-refractivity contribution in [2.24, 2.45) is 0 Å². The number of Topliss-reactive ketones (excluding diaryl/α,β-unsaturated/α-hetero) is 1. The smallest absolute Gasteiger partial charge is 0.129 e. The van der Waals surface area contributed by atoms with Crippen LogP contribution in [-0.2, 0) is 4.79 Å². The Bertz CT molecular complexity index is 213. The molecule has 0 aromatic heterocycles. The van der Waals surface area contributed by atoms with Crippen LogP contribution in [0.25, 0.3) is 0 Å². The lowest BCUT2D eigenvalue weighted by Crippen LogP contribution is -1.88. The molecule has 0 radical (unpaired) electrons. The topological polar surface area (TPSA) is 17.1 Å². The van der Waals surface area contributed by atoms with Crippen LogP contribution in [0, 0.1) is 0 Å². The fraction of sp³-hybridized carbons (Fsp3) is 0.667. The molecule has 0 aliphatic carbocycles. The number of hydrogen-bond acceptors (Lipinski definition) is 1. The lowest BCUT2D eigenvalue weighted by Gasteiger charge is -1.95. The first kappa shape index (κ1) is 15.2. The molecule has 16 heavy (non-hydrogen) atoms. The summed E-state index contributed by atoms with van der Waals surface area (Å²) in [5.74, 6) is 0.316. The van der Waals surface area contributed by atoms with Crippen molar-refractivity contribution in [3.05, 3.63) is 24.3 Å². The quantitative estimate of drug-likeness (QED) is 0.382. The Labute approximate surface area is 101 Å². The lowest BCUT2D eigenvalue weighted by atomic mass is 10.1. The van der Waals surface area contributed by atoms with Gasteiger partial charge in [-0.2, -0.15) is 0 Å². The molecular formula is C15H26O. The summed E-state index contributed by atoms with van der Waals surface area (Å²) in [6.45, 7) is 3.86. The minimum Gasteiger partial charge on any atom is -0.300 e. The molecule has 0 N–H and O–H groups in total. The van der Waals surface area contributed by atoms with Crippen molar-refractivity contribution in [2.75, 3.05) is 0 Å². The second-order valence-electron chi connectivity index (χ2n) is 4.27.